The van der Waals surface area contributed by atoms with Crippen LogP contribution in [0.5, 0.6) is 0 Å². The molecule has 1 atom stereocenters. The molecule has 0 amide bonds. The Balaban J connectivity index is 2.30. The van der Waals surface area contributed by atoms with Crippen molar-refractivity contribution in [1.82, 2.24) is 4.98 Å². The van der Waals surface area contributed by atoms with Gasteiger partial charge in [-0.15, -0.1) is 11.3 Å². The molecule has 1 aromatic heterocycles. The molecule has 2 rings (SSSR count). The van der Waals surface area contributed by atoms with Gasteiger partial charge in [-0.1, -0.05) is 6.08 Å². The minimum atomic E-state index is -0.773. The molecule has 0 saturated heterocycles. The molecule has 1 N–H and O–H groups in total. The second-order valence-corrected chi connectivity index (χ2v) is 3.56. The summed E-state index contributed by atoms with van der Waals surface area (Å²) in [7, 11) is 0. The van der Waals surface area contributed by atoms with Crippen LogP contribution in [0.4, 0.5) is 0 Å². The average molecular weight is 181 g/mol. The van der Waals surface area contributed by atoms with Gasteiger partial charge >= 0.3 is 5.97 Å². The van der Waals surface area contributed by atoms with Crippen molar-refractivity contribution < 1.29 is 9.90 Å². The molecule has 4 heteroatoms. The maximum absolute atomic E-state index is 10.6. The number of hydrogen-bond donors (Lipinski definition) is 1. The fraction of sp³-hybridized carbons (Fsp3) is 0.250. The first-order valence-corrected chi connectivity index (χ1v) is 4.48. The lowest BCUT2D eigenvalue weighted by Gasteiger charge is -2.10. The first-order chi connectivity index (χ1) is 5.77. The summed E-state index contributed by atoms with van der Waals surface area (Å²) >= 11 is 1.55. The SMILES string of the molecule is O=C(O)C1C=Cc2scnc2C1. The summed E-state index contributed by atoms with van der Waals surface area (Å²) in [5.74, 6) is -1.16. The summed E-state index contributed by atoms with van der Waals surface area (Å²) in [6.45, 7) is 0. The quantitative estimate of drug-likeness (QED) is 0.712. The van der Waals surface area contributed by atoms with Gasteiger partial charge in [0.1, 0.15) is 0 Å². The van der Waals surface area contributed by atoms with E-state index in [1.807, 2.05) is 6.08 Å². The monoisotopic (exact) mass is 181 g/mol. The molecule has 0 spiro atoms. The number of hydrogen-bond acceptors (Lipinski definition) is 3. The number of carbonyl (C=O) groups is 1. The molecule has 0 aliphatic heterocycles. The summed E-state index contributed by atoms with van der Waals surface area (Å²) in [6, 6.07) is 0. The summed E-state index contributed by atoms with van der Waals surface area (Å²) in [6.07, 6.45) is 4.10. The lowest BCUT2D eigenvalue weighted by atomic mass is 9.98. The zero-order valence-corrected chi connectivity index (χ0v) is 7.04. The molecule has 1 aromatic rings. The van der Waals surface area contributed by atoms with E-state index in [2.05, 4.69) is 4.98 Å². The van der Waals surface area contributed by atoms with E-state index >= 15 is 0 Å². The number of thiazole rings is 1. The maximum atomic E-state index is 10.6. The van der Waals surface area contributed by atoms with Gasteiger partial charge in [-0.3, -0.25) is 4.79 Å². The zero-order valence-electron chi connectivity index (χ0n) is 6.23. The third kappa shape index (κ3) is 1.14. The van der Waals surface area contributed by atoms with Crippen LogP contribution < -0.4 is 0 Å². The number of carboxylic acids is 1. The smallest absolute Gasteiger partial charge is 0.310 e. The lowest BCUT2D eigenvalue weighted by Crippen LogP contribution is -2.16. The van der Waals surface area contributed by atoms with Gasteiger partial charge in [-0.2, -0.15) is 0 Å². The normalized spacial score (nSPS) is 20.5. The maximum Gasteiger partial charge on any atom is 0.310 e. The van der Waals surface area contributed by atoms with E-state index in [0.717, 1.165) is 10.6 Å². The molecule has 0 aromatic carbocycles. The van der Waals surface area contributed by atoms with Crippen LogP contribution in [0.3, 0.4) is 0 Å². The summed E-state index contributed by atoms with van der Waals surface area (Å²) in [4.78, 5) is 15.8. The van der Waals surface area contributed by atoms with Crippen LogP contribution in [0.25, 0.3) is 6.08 Å². The second kappa shape index (κ2) is 2.71. The Morgan fingerprint density at radius 1 is 1.75 bits per heavy atom. The van der Waals surface area contributed by atoms with Crippen molar-refractivity contribution in [2.75, 3.05) is 0 Å². The van der Waals surface area contributed by atoms with Crippen LogP contribution in [-0.4, -0.2) is 16.1 Å². The number of rotatable bonds is 1. The van der Waals surface area contributed by atoms with Gasteiger partial charge in [-0.05, 0) is 6.08 Å². The third-order valence-electron chi connectivity index (χ3n) is 1.88. The molecule has 12 heavy (non-hydrogen) atoms. The summed E-state index contributed by atoms with van der Waals surface area (Å²) in [5, 5.41) is 8.73. The Morgan fingerprint density at radius 2 is 2.58 bits per heavy atom. The molecular formula is C8H7NO2S. The number of fused-ring (bicyclic) bond motifs is 1. The zero-order chi connectivity index (χ0) is 8.55. The van der Waals surface area contributed by atoms with Crippen molar-refractivity contribution in [2.45, 2.75) is 6.42 Å². The highest BCUT2D eigenvalue weighted by molar-refractivity contribution is 7.10. The molecule has 3 nitrogen and oxygen atoms in total. The van der Waals surface area contributed by atoms with Crippen molar-refractivity contribution in [3.63, 3.8) is 0 Å². The fourth-order valence-electron chi connectivity index (χ4n) is 1.22. The Morgan fingerprint density at radius 3 is 3.33 bits per heavy atom. The number of aliphatic carboxylic acids is 1. The Bertz CT molecular complexity index is 343. The Kier molecular flexibility index (Phi) is 1.69. The molecule has 62 valence electrons. The van der Waals surface area contributed by atoms with Crippen LogP contribution >= 0.6 is 11.3 Å². The van der Waals surface area contributed by atoms with E-state index in [4.69, 9.17) is 5.11 Å². The van der Waals surface area contributed by atoms with Gasteiger partial charge in [0.15, 0.2) is 0 Å². The van der Waals surface area contributed by atoms with Crippen LogP contribution in [0, 0.1) is 5.92 Å². The molecule has 0 saturated carbocycles. The topological polar surface area (TPSA) is 50.2 Å². The predicted molar refractivity (Wildman–Crippen MR) is 46.0 cm³/mol. The van der Waals surface area contributed by atoms with Crippen molar-refractivity contribution in [3.05, 3.63) is 22.2 Å². The third-order valence-corrected chi connectivity index (χ3v) is 2.72. The van der Waals surface area contributed by atoms with E-state index < -0.39 is 5.97 Å². The predicted octanol–water partition coefficient (Wildman–Crippen LogP) is 1.41. The van der Waals surface area contributed by atoms with Gasteiger partial charge in [0.2, 0.25) is 0 Å². The van der Waals surface area contributed by atoms with Crippen molar-refractivity contribution >= 4 is 23.4 Å². The largest absolute Gasteiger partial charge is 0.481 e. The average Bonchev–Trinajstić information content (AvgIpc) is 2.49. The van der Waals surface area contributed by atoms with Crippen molar-refractivity contribution in [3.8, 4) is 0 Å². The van der Waals surface area contributed by atoms with Gasteiger partial charge in [0.05, 0.1) is 17.1 Å². The number of carboxylic acid groups (broad SMARTS) is 1. The molecule has 0 radical (unpaired) electrons. The van der Waals surface area contributed by atoms with E-state index in [1.165, 1.54) is 0 Å². The Hall–Kier alpha value is -1.16. The number of aromatic nitrogens is 1. The molecular weight excluding hydrogens is 174 g/mol. The van der Waals surface area contributed by atoms with E-state index in [9.17, 15) is 4.79 Å². The highest BCUT2D eigenvalue weighted by Gasteiger charge is 2.21. The standard InChI is InChI=1S/C8H7NO2S/c10-8(11)5-1-2-7-6(3-5)9-4-12-7/h1-2,4-5H,3H2,(H,10,11). The highest BCUT2D eigenvalue weighted by Crippen LogP contribution is 2.24. The molecule has 0 bridgehead atoms. The first kappa shape index (κ1) is 7.49. The molecule has 1 heterocycles. The van der Waals surface area contributed by atoms with Gasteiger partial charge < -0.3 is 5.11 Å². The van der Waals surface area contributed by atoms with E-state index in [-0.39, 0.29) is 5.92 Å². The van der Waals surface area contributed by atoms with Crippen LogP contribution in [0.15, 0.2) is 11.6 Å². The van der Waals surface area contributed by atoms with Crippen molar-refractivity contribution in [1.29, 1.82) is 0 Å². The summed E-state index contributed by atoms with van der Waals surface area (Å²) in [5.41, 5.74) is 2.66. The fourth-order valence-corrected chi connectivity index (χ4v) is 1.94. The summed E-state index contributed by atoms with van der Waals surface area (Å²) < 4.78 is 0. The molecule has 0 fully saturated rings. The Labute approximate surface area is 73.4 Å². The van der Waals surface area contributed by atoms with Gasteiger partial charge in [-0.25, -0.2) is 4.98 Å². The lowest BCUT2D eigenvalue weighted by molar-refractivity contribution is -0.140. The van der Waals surface area contributed by atoms with Crippen LogP contribution in [0.1, 0.15) is 10.6 Å². The molecule has 1 aliphatic carbocycles. The molecule has 1 aliphatic rings. The number of nitrogens with zero attached hydrogens (tertiary/aromatic N) is 1. The van der Waals surface area contributed by atoms with Crippen LogP contribution in [0.2, 0.25) is 0 Å². The molecule has 1 unspecified atom stereocenters. The minimum absolute atomic E-state index is 0.389. The second-order valence-electron chi connectivity index (χ2n) is 2.67. The van der Waals surface area contributed by atoms with E-state index in [1.54, 1.807) is 22.9 Å². The minimum Gasteiger partial charge on any atom is -0.481 e. The van der Waals surface area contributed by atoms with Crippen molar-refractivity contribution in [2.24, 2.45) is 5.92 Å². The van der Waals surface area contributed by atoms with E-state index in [0.29, 0.717) is 6.42 Å². The first-order valence-electron chi connectivity index (χ1n) is 3.61. The van der Waals surface area contributed by atoms with Gasteiger partial charge in [0, 0.05) is 11.3 Å². The van der Waals surface area contributed by atoms with Crippen LogP contribution in [-0.2, 0) is 11.2 Å². The van der Waals surface area contributed by atoms with Gasteiger partial charge in [0.25, 0.3) is 0 Å². The highest BCUT2D eigenvalue weighted by atomic mass is 32.1.